The number of aromatic nitrogens is 1. The van der Waals surface area contributed by atoms with E-state index in [0.29, 0.717) is 12.0 Å². The highest BCUT2D eigenvalue weighted by molar-refractivity contribution is 5.82. The molecule has 2 aromatic rings. The standard InChI is InChI=1S/C19H23N3/c1-2-13-12-22-10-8-14(13)11-18(22)19(20)16-7-9-21-17-6-4-3-5-15(16)17/h2-7,9,13-14,18-19H,1,8,10-12,20H2/t13?,14?,18-,19-/m1/s1. The molecule has 5 atom stereocenters. The van der Waals surface area contributed by atoms with Gasteiger partial charge in [0.15, 0.2) is 0 Å². The number of pyridine rings is 1. The summed E-state index contributed by atoms with van der Waals surface area (Å²) in [7, 11) is 0. The van der Waals surface area contributed by atoms with Crippen LogP contribution in [0.1, 0.15) is 24.4 Å². The predicted molar refractivity (Wildman–Crippen MR) is 90.4 cm³/mol. The van der Waals surface area contributed by atoms with E-state index in [1.165, 1.54) is 30.3 Å². The zero-order chi connectivity index (χ0) is 15.1. The number of fused-ring (bicyclic) bond motifs is 4. The van der Waals surface area contributed by atoms with Crippen LogP contribution in [0.5, 0.6) is 0 Å². The van der Waals surface area contributed by atoms with Gasteiger partial charge in [-0.05, 0) is 48.9 Å². The van der Waals surface area contributed by atoms with Crippen molar-refractivity contribution in [1.82, 2.24) is 9.88 Å². The fourth-order valence-corrected chi connectivity index (χ4v) is 4.37. The van der Waals surface area contributed by atoms with Gasteiger partial charge in [-0.1, -0.05) is 24.3 Å². The smallest absolute Gasteiger partial charge is 0.0705 e. The van der Waals surface area contributed by atoms with Crippen molar-refractivity contribution < 1.29 is 0 Å². The molecular formula is C19H23N3. The summed E-state index contributed by atoms with van der Waals surface area (Å²) in [6, 6.07) is 10.9. The van der Waals surface area contributed by atoms with Crippen LogP contribution < -0.4 is 5.73 Å². The second kappa shape index (κ2) is 5.49. The van der Waals surface area contributed by atoms with Gasteiger partial charge >= 0.3 is 0 Å². The molecule has 0 radical (unpaired) electrons. The van der Waals surface area contributed by atoms with Gasteiger partial charge in [0.25, 0.3) is 0 Å². The van der Waals surface area contributed by atoms with E-state index in [9.17, 15) is 0 Å². The topological polar surface area (TPSA) is 42.1 Å². The van der Waals surface area contributed by atoms with Crippen molar-refractivity contribution >= 4 is 10.9 Å². The third kappa shape index (κ3) is 2.16. The van der Waals surface area contributed by atoms with Gasteiger partial charge in [-0.2, -0.15) is 0 Å². The Morgan fingerprint density at radius 3 is 2.95 bits per heavy atom. The molecule has 2 bridgehead atoms. The van der Waals surface area contributed by atoms with Gasteiger partial charge in [-0.3, -0.25) is 9.88 Å². The largest absolute Gasteiger partial charge is 0.323 e. The first-order valence-electron chi connectivity index (χ1n) is 8.24. The Morgan fingerprint density at radius 2 is 2.18 bits per heavy atom. The summed E-state index contributed by atoms with van der Waals surface area (Å²) < 4.78 is 0. The average molecular weight is 293 g/mol. The van der Waals surface area contributed by atoms with Gasteiger partial charge in [0, 0.05) is 30.2 Å². The molecule has 22 heavy (non-hydrogen) atoms. The zero-order valence-corrected chi connectivity index (χ0v) is 12.9. The molecule has 3 aliphatic heterocycles. The van der Waals surface area contributed by atoms with Crippen LogP contribution in [0.4, 0.5) is 0 Å². The number of hydrogen-bond donors (Lipinski definition) is 1. The third-order valence-electron chi connectivity index (χ3n) is 5.61. The summed E-state index contributed by atoms with van der Waals surface area (Å²) in [6.07, 6.45) is 6.51. The molecule has 3 aliphatic rings. The fourth-order valence-electron chi connectivity index (χ4n) is 4.37. The highest BCUT2D eigenvalue weighted by atomic mass is 15.2. The van der Waals surface area contributed by atoms with Crippen LogP contribution in [0.2, 0.25) is 0 Å². The molecule has 0 spiro atoms. The summed E-state index contributed by atoms with van der Waals surface area (Å²) >= 11 is 0. The first-order valence-corrected chi connectivity index (χ1v) is 8.24. The second-order valence-electron chi connectivity index (χ2n) is 6.69. The Balaban J connectivity index is 1.67. The van der Waals surface area contributed by atoms with Crippen molar-refractivity contribution in [1.29, 1.82) is 0 Å². The van der Waals surface area contributed by atoms with Crippen LogP contribution >= 0.6 is 0 Å². The van der Waals surface area contributed by atoms with Crippen molar-refractivity contribution in [2.45, 2.75) is 24.9 Å². The van der Waals surface area contributed by atoms with Gasteiger partial charge < -0.3 is 5.73 Å². The van der Waals surface area contributed by atoms with E-state index >= 15 is 0 Å². The van der Waals surface area contributed by atoms with Crippen LogP contribution in [0.25, 0.3) is 10.9 Å². The molecule has 3 saturated heterocycles. The quantitative estimate of drug-likeness (QED) is 0.884. The minimum atomic E-state index is 0.0569. The van der Waals surface area contributed by atoms with Crippen LogP contribution in [0.3, 0.4) is 0 Å². The molecule has 3 unspecified atom stereocenters. The zero-order valence-electron chi connectivity index (χ0n) is 12.9. The van der Waals surface area contributed by atoms with E-state index in [1.54, 1.807) is 0 Å². The fraction of sp³-hybridized carbons (Fsp3) is 0.421. The van der Waals surface area contributed by atoms with Crippen molar-refractivity contribution in [3.63, 3.8) is 0 Å². The maximum Gasteiger partial charge on any atom is 0.0705 e. The normalized spacial score (nSPS) is 32.0. The predicted octanol–water partition coefficient (Wildman–Crippen LogP) is 3.13. The molecule has 3 fully saturated rings. The number of hydrogen-bond acceptors (Lipinski definition) is 3. The van der Waals surface area contributed by atoms with E-state index in [-0.39, 0.29) is 6.04 Å². The number of rotatable bonds is 3. The number of benzene rings is 1. The van der Waals surface area contributed by atoms with Crippen LogP contribution in [-0.2, 0) is 0 Å². The maximum atomic E-state index is 6.71. The first kappa shape index (κ1) is 13.9. The summed E-state index contributed by atoms with van der Waals surface area (Å²) in [5, 5.41) is 1.19. The van der Waals surface area contributed by atoms with Gasteiger partial charge in [0.05, 0.1) is 5.52 Å². The SMILES string of the molecule is C=CC1CN2CCC1C[C@@H]2[C@H](N)c1ccnc2ccccc12. The van der Waals surface area contributed by atoms with Gasteiger partial charge in [-0.15, -0.1) is 6.58 Å². The van der Waals surface area contributed by atoms with Gasteiger partial charge in [-0.25, -0.2) is 0 Å². The van der Waals surface area contributed by atoms with Crippen LogP contribution in [-0.4, -0.2) is 29.0 Å². The number of piperidine rings is 3. The molecule has 0 amide bonds. The van der Waals surface area contributed by atoms with Gasteiger partial charge in [0.1, 0.15) is 0 Å². The van der Waals surface area contributed by atoms with Crippen molar-refractivity contribution in [2.75, 3.05) is 13.1 Å². The maximum absolute atomic E-state index is 6.71. The van der Waals surface area contributed by atoms with Crippen molar-refractivity contribution in [3.05, 3.63) is 54.7 Å². The summed E-state index contributed by atoms with van der Waals surface area (Å²) in [4.78, 5) is 7.04. The molecular weight excluding hydrogens is 270 g/mol. The minimum absolute atomic E-state index is 0.0569. The Kier molecular flexibility index (Phi) is 3.47. The molecule has 4 heterocycles. The molecule has 2 N–H and O–H groups in total. The molecule has 0 saturated carbocycles. The molecule has 0 aliphatic carbocycles. The van der Waals surface area contributed by atoms with Crippen LogP contribution in [0, 0.1) is 11.8 Å². The van der Waals surface area contributed by atoms with E-state index in [1.807, 2.05) is 12.3 Å². The van der Waals surface area contributed by atoms with Gasteiger partial charge in [0.2, 0.25) is 0 Å². The lowest BCUT2D eigenvalue weighted by molar-refractivity contribution is 0.00749. The monoisotopic (exact) mass is 293 g/mol. The van der Waals surface area contributed by atoms with Crippen LogP contribution in [0.15, 0.2) is 49.2 Å². The van der Waals surface area contributed by atoms with E-state index in [4.69, 9.17) is 5.73 Å². The average Bonchev–Trinajstić information content (AvgIpc) is 2.60. The molecule has 5 rings (SSSR count). The van der Waals surface area contributed by atoms with Crippen molar-refractivity contribution in [3.8, 4) is 0 Å². The number of nitrogens with zero attached hydrogens (tertiary/aromatic N) is 2. The molecule has 114 valence electrons. The Labute approximate surface area is 131 Å². The summed E-state index contributed by atoms with van der Waals surface area (Å²) in [5.41, 5.74) is 8.99. The van der Waals surface area contributed by atoms with E-state index in [0.717, 1.165) is 18.0 Å². The highest BCUT2D eigenvalue weighted by Gasteiger charge is 2.41. The highest BCUT2D eigenvalue weighted by Crippen LogP contribution is 2.41. The number of nitrogens with two attached hydrogens (primary N) is 1. The molecule has 1 aromatic heterocycles. The molecule has 3 nitrogen and oxygen atoms in total. The second-order valence-corrected chi connectivity index (χ2v) is 6.69. The Hall–Kier alpha value is -1.71. The number of para-hydroxylation sites is 1. The first-order chi connectivity index (χ1) is 10.8. The lowest BCUT2D eigenvalue weighted by atomic mass is 9.73. The lowest BCUT2D eigenvalue weighted by Crippen LogP contribution is -2.56. The molecule has 3 heteroatoms. The van der Waals surface area contributed by atoms with Crippen molar-refractivity contribution in [2.24, 2.45) is 17.6 Å². The third-order valence-corrected chi connectivity index (χ3v) is 5.61. The summed E-state index contributed by atoms with van der Waals surface area (Å²) in [6.45, 7) is 6.30. The lowest BCUT2D eigenvalue weighted by Gasteiger charge is -2.51. The Bertz CT molecular complexity index is 691. The van der Waals surface area contributed by atoms with E-state index < -0.39 is 0 Å². The molecule has 1 aromatic carbocycles. The summed E-state index contributed by atoms with van der Waals surface area (Å²) in [5.74, 6) is 1.40. The van der Waals surface area contributed by atoms with E-state index in [2.05, 4.69) is 46.8 Å². The minimum Gasteiger partial charge on any atom is -0.323 e. The Morgan fingerprint density at radius 1 is 1.32 bits per heavy atom.